The van der Waals surface area contributed by atoms with E-state index in [4.69, 9.17) is 0 Å². The van der Waals surface area contributed by atoms with E-state index < -0.39 is 0 Å². The Morgan fingerprint density at radius 3 is 2.57 bits per heavy atom. The topological polar surface area (TPSA) is 12.0 Å². The first kappa shape index (κ1) is 17.0. The SMILES string of the molecule is CCCNC(c1cc(C)cc(Br)c1)C1CCC(C)C(C)C1. The zero-order chi connectivity index (χ0) is 15.4. The predicted octanol–water partition coefficient (Wildman–Crippen LogP) is 5.87. The summed E-state index contributed by atoms with van der Waals surface area (Å²) in [6.07, 6.45) is 5.29. The van der Waals surface area contributed by atoms with Gasteiger partial charge in [0.15, 0.2) is 0 Å². The summed E-state index contributed by atoms with van der Waals surface area (Å²) in [5, 5.41) is 3.82. The molecule has 0 aliphatic heterocycles. The first-order chi connectivity index (χ1) is 10.0. The maximum atomic E-state index is 3.82. The van der Waals surface area contributed by atoms with Crippen LogP contribution >= 0.6 is 15.9 Å². The van der Waals surface area contributed by atoms with Crippen LogP contribution in [-0.2, 0) is 0 Å². The van der Waals surface area contributed by atoms with Crippen molar-refractivity contribution < 1.29 is 0 Å². The number of hydrogen-bond acceptors (Lipinski definition) is 1. The van der Waals surface area contributed by atoms with Crippen LogP contribution in [0.25, 0.3) is 0 Å². The van der Waals surface area contributed by atoms with Crippen molar-refractivity contribution in [2.45, 2.75) is 59.4 Å². The molecule has 1 aromatic carbocycles. The van der Waals surface area contributed by atoms with Crippen LogP contribution in [0, 0.1) is 24.7 Å². The fourth-order valence-electron chi connectivity index (χ4n) is 3.69. The molecular weight excluding hydrogens is 322 g/mol. The summed E-state index contributed by atoms with van der Waals surface area (Å²) >= 11 is 3.67. The fourth-order valence-corrected chi connectivity index (χ4v) is 4.32. The Hall–Kier alpha value is -0.340. The van der Waals surface area contributed by atoms with Crippen LogP contribution in [0.4, 0.5) is 0 Å². The number of hydrogen-bond donors (Lipinski definition) is 1. The van der Waals surface area contributed by atoms with Crippen molar-refractivity contribution in [3.05, 3.63) is 33.8 Å². The van der Waals surface area contributed by atoms with Crippen LogP contribution in [0.5, 0.6) is 0 Å². The van der Waals surface area contributed by atoms with Gasteiger partial charge in [-0.05, 0) is 73.7 Å². The largest absolute Gasteiger partial charge is 0.310 e. The van der Waals surface area contributed by atoms with E-state index in [-0.39, 0.29) is 0 Å². The van der Waals surface area contributed by atoms with Crippen molar-refractivity contribution >= 4 is 15.9 Å². The minimum atomic E-state index is 0.510. The quantitative estimate of drug-likeness (QED) is 0.699. The molecule has 21 heavy (non-hydrogen) atoms. The lowest BCUT2D eigenvalue weighted by molar-refractivity contribution is 0.171. The molecule has 1 aromatic rings. The van der Waals surface area contributed by atoms with Gasteiger partial charge in [-0.15, -0.1) is 0 Å². The van der Waals surface area contributed by atoms with E-state index in [9.17, 15) is 0 Å². The van der Waals surface area contributed by atoms with Gasteiger partial charge in [0.05, 0.1) is 0 Å². The average Bonchev–Trinajstić information content (AvgIpc) is 2.42. The van der Waals surface area contributed by atoms with Gasteiger partial charge in [-0.25, -0.2) is 0 Å². The molecule has 118 valence electrons. The summed E-state index contributed by atoms with van der Waals surface area (Å²) in [5.41, 5.74) is 2.81. The van der Waals surface area contributed by atoms with Gasteiger partial charge in [0, 0.05) is 10.5 Å². The van der Waals surface area contributed by atoms with Gasteiger partial charge >= 0.3 is 0 Å². The van der Waals surface area contributed by atoms with Gasteiger partial charge < -0.3 is 5.32 Å². The van der Waals surface area contributed by atoms with E-state index in [2.05, 4.69) is 67.1 Å². The molecular formula is C19H30BrN. The molecule has 1 saturated carbocycles. The minimum absolute atomic E-state index is 0.510. The smallest absolute Gasteiger partial charge is 0.0349 e. The van der Waals surface area contributed by atoms with Crippen molar-refractivity contribution in [1.29, 1.82) is 0 Å². The Bertz CT molecular complexity index is 437. The molecule has 1 N–H and O–H groups in total. The van der Waals surface area contributed by atoms with Gasteiger partial charge in [0.1, 0.15) is 0 Å². The van der Waals surface area contributed by atoms with Crippen LogP contribution in [0.3, 0.4) is 0 Å². The Balaban J connectivity index is 2.21. The monoisotopic (exact) mass is 351 g/mol. The maximum absolute atomic E-state index is 3.82. The average molecular weight is 352 g/mol. The molecule has 4 atom stereocenters. The Labute approximate surface area is 139 Å². The molecule has 1 aliphatic rings. The Morgan fingerprint density at radius 2 is 1.95 bits per heavy atom. The third kappa shape index (κ3) is 4.56. The molecule has 2 rings (SSSR count). The van der Waals surface area contributed by atoms with Crippen molar-refractivity contribution in [3.63, 3.8) is 0 Å². The fraction of sp³-hybridized carbons (Fsp3) is 0.684. The highest BCUT2D eigenvalue weighted by Crippen LogP contribution is 2.40. The lowest BCUT2D eigenvalue weighted by Crippen LogP contribution is -2.33. The van der Waals surface area contributed by atoms with E-state index in [1.54, 1.807) is 0 Å². The second-order valence-electron chi connectivity index (χ2n) is 7.02. The molecule has 0 heterocycles. The number of rotatable bonds is 5. The predicted molar refractivity (Wildman–Crippen MR) is 95.6 cm³/mol. The molecule has 0 spiro atoms. The summed E-state index contributed by atoms with van der Waals surface area (Å²) in [6.45, 7) is 10.4. The Kier molecular flexibility index (Phi) is 6.31. The molecule has 1 nitrogen and oxygen atoms in total. The van der Waals surface area contributed by atoms with Crippen molar-refractivity contribution in [1.82, 2.24) is 5.32 Å². The minimum Gasteiger partial charge on any atom is -0.310 e. The van der Waals surface area contributed by atoms with Gasteiger partial charge in [0.2, 0.25) is 0 Å². The van der Waals surface area contributed by atoms with E-state index in [0.29, 0.717) is 6.04 Å². The second kappa shape index (κ2) is 7.78. The molecule has 0 radical (unpaired) electrons. The molecule has 1 fully saturated rings. The molecule has 0 aromatic heterocycles. The highest BCUT2D eigenvalue weighted by Gasteiger charge is 2.30. The highest BCUT2D eigenvalue weighted by atomic mass is 79.9. The molecule has 4 unspecified atom stereocenters. The zero-order valence-corrected chi connectivity index (χ0v) is 15.5. The van der Waals surface area contributed by atoms with Crippen LogP contribution < -0.4 is 5.32 Å². The lowest BCUT2D eigenvalue weighted by atomic mass is 9.72. The molecule has 2 heteroatoms. The second-order valence-corrected chi connectivity index (χ2v) is 7.94. The van der Waals surface area contributed by atoms with Gasteiger partial charge in [-0.1, -0.05) is 49.2 Å². The van der Waals surface area contributed by atoms with E-state index in [1.807, 2.05) is 0 Å². The van der Waals surface area contributed by atoms with Crippen molar-refractivity contribution in [2.24, 2.45) is 17.8 Å². The molecule has 1 aliphatic carbocycles. The molecule has 0 bridgehead atoms. The van der Waals surface area contributed by atoms with E-state index >= 15 is 0 Å². The molecule has 0 amide bonds. The zero-order valence-electron chi connectivity index (χ0n) is 14.0. The van der Waals surface area contributed by atoms with Crippen molar-refractivity contribution in [3.8, 4) is 0 Å². The summed E-state index contributed by atoms with van der Waals surface area (Å²) in [5.74, 6) is 2.51. The third-order valence-electron chi connectivity index (χ3n) is 5.15. The van der Waals surface area contributed by atoms with E-state index in [0.717, 1.165) is 24.3 Å². The normalized spacial score (nSPS) is 27.6. The van der Waals surface area contributed by atoms with Crippen LogP contribution in [0.1, 0.15) is 63.6 Å². The standard InChI is InChI=1S/C19H30BrN/c1-5-8-21-19(16-7-6-14(3)15(4)11-16)17-9-13(2)10-18(20)12-17/h9-10,12,14-16,19,21H,5-8,11H2,1-4H3. The third-order valence-corrected chi connectivity index (χ3v) is 5.61. The summed E-state index contributed by atoms with van der Waals surface area (Å²) in [4.78, 5) is 0. The first-order valence-electron chi connectivity index (χ1n) is 8.51. The van der Waals surface area contributed by atoms with Gasteiger partial charge in [-0.2, -0.15) is 0 Å². The summed E-state index contributed by atoms with van der Waals surface area (Å²) in [7, 11) is 0. The van der Waals surface area contributed by atoms with Crippen LogP contribution in [-0.4, -0.2) is 6.54 Å². The summed E-state index contributed by atoms with van der Waals surface area (Å²) < 4.78 is 1.21. The van der Waals surface area contributed by atoms with Gasteiger partial charge in [0.25, 0.3) is 0 Å². The summed E-state index contributed by atoms with van der Waals surface area (Å²) in [6, 6.07) is 7.38. The van der Waals surface area contributed by atoms with Crippen LogP contribution in [0.2, 0.25) is 0 Å². The lowest BCUT2D eigenvalue weighted by Gasteiger charge is -2.37. The van der Waals surface area contributed by atoms with E-state index in [1.165, 1.54) is 41.3 Å². The number of aryl methyl sites for hydroxylation is 1. The number of benzene rings is 1. The van der Waals surface area contributed by atoms with Crippen LogP contribution in [0.15, 0.2) is 22.7 Å². The first-order valence-corrected chi connectivity index (χ1v) is 9.31. The molecule has 0 saturated heterocycles. The Morgan fingerprint density at radius 1 is 1.19 bits per heavy atom. The number of halogens is 1. The maximum Gasteiger partial charge on any atom is 0.0349 e. The van der Waals surface area contributed by atoms with Gasteiger partial charge in [-0.3, -0.25) is 0 Å². The van der Waals surface area contributed by atoms with Crippen molar-refractivity contribution in [2.75, 3.05) is 6.54 Å². The number of nitrogens with one attached hydrogen (secondary N) is 1. The highest BCUT2D eigenvalue weighted by molar-refractivity contribution is 9.10.